The topological polar surface area (TPSA) is 0 Å². The van der Waals surface area contributed by atoms with Crippen molar-refractivity contribution in [3.05, 3.63) is 35.5 Å². The van der Waals surface area contributed by atoms with Crippen molar-refractivity contribution in [2.75, 3.05) is 0 Å². The van der Waals surface area contributed by atoms with Crippen LogP contribution in [0.15, 0.2) is 35.5 Å². The monoisotopic (exact) mass is 212 g/mol. The smallest absolute Gasteiger partial charge is 0.00160 e. The Morgan fingerprint density at radius 2 is 1.88 bits per heavy atom. The highest BCUT2D eigenvalue weighted by Gasteiger charge is 2.08. The highest BCUT2D eigenvalue weighted by Crippen LogP contribution is 2.26. The molecule has 0 unspecified atom stereocenters. The van der Waals surface area contributed by atoms with Crippen LogP contribution in [0.4, 0.5) is 0 Å². The Balaban J connectivity index is 1.99. The van der Waals surface area contributed by atoms with Gasteiger partial charge < -0.3 is 0 Å². The van der Waals surface area contributed by atoms with Gasteiger partial charge in [0.05, 0.1) is 0 Å². The van der Waals surface area contributed by atoms with Crippen molar-refractivity contribution in [3.63, 3.8) is 0 Å². The molecular weight excluding hydrogens is 192 g/mol. The van der Waals surface area contributed by atoms with Crippen molar-refractivity contribution in [1.29, 1.82) is 0 Å². The maximum absolute atomic E-state index is 4.11. The molecule has 0 spiro atoms. The normalized spacial score (nSPS) is 23.6. The summed E-state index contributed by atoms with van der Waals surface area (Å²) in [7, 11) is 0. The summed E-state index contributed by atoms with van der Waals surface area (Å²) in [6.07, 6.45) is 14.4. The summed E-state index contributed by atoms with van der Waals surface area (Å²) in [5.74, 6) is 6.50. The molecule has 0 aromatic heterocycles. The van der Waals surface area contributed by atoms with Gasteiger partial charge >= 0.3 is 0 Å². The number of allylic oxidation sites excluding steroid dienone is 5. The molecular formula is C16H20. The second-order valence-electron chi connectivity index (χ2n) is 4.72. The molecule has 0 aliphatic heterocycles. The molecule has 2 aliphatic rings. The van der Waals surface area contributed by atoms with Gasteiger partial charge in [-0.25, -0.2) is 0 Å². The van der Waals surface area contributed by atoms with Crippen LogP contribution in [0, 0.1) is 11.8 Å². The van der Waals surface area contributed by atoms with E-state index in [0.29, 0.717) is 0 Å². The number of hydrogen-bond donors (Lipinski definition) is 0. The third-order valence-electron chi connectivity index (χ3n) is 3.40. The molecule has 16 heavy (non-hydrogen) atoms. The van der Waals surface area contributed by atoms with E-state index in [1.54, 1.807) is 0 Å². The van der Waals surface area contributed by atoms with E-state index in [1.807, 2.05) is 0 Å². The fourth-order valence-corrected chi connectivity index (χ4v) is 2.33. The van der Waals surface area contributed by atoms with Crippen LogP contribution >= 0.6 is 0 Å². The van der Waals surface area contributed by atoms with Gasteiger partial charge in [-0.1, -0.05) is 30.1 Å². The van der Waals surface area contributed by atoms with E-state index in [1.165, 1.54) is 61.7 Å². The van der Waals surface area contributed by atoms with Crippen LogP contribution in [0.3, 0.4) is 0 Å². The van der Waals surface area contributed by atoms with Gasteiger partial charge in [0, 0.05) is 0 Å². The van der Waals surface area contributed by atoms with E-state index in [0.717, 1.165) is 6.42 Å². The molecule has 0 N–H and O–H groups in total. The lowest BCUT2D eigenvalue weighted by Crippen LogP contribution is -1.96. The van der Waals surface area contributed by atoms with Crippen LogP contribution in [0.25, 0.3) is 0 Å². The predicted molar refractivity (Wildman–Crippen MR) is 70.0 cm³/mol. The fraction of sp³-hybridized carbons (Fsp3) is 0.500. The lowest BCUT2D eigenvalue weighted by molar-refractivity contribution is 0.681. The SMILES string of the molecule is C=C1CCCC/C1=C/C#CC1=CCCCC1. The molecule has 84 valence electrons. The Hall–Kier alpha value is -1.22. The zero-order valence-corrected chi connectivity index (χ0v) is 10.0. The summed E-state index contributed by atoms with van der Waals surface area (Å²) < 4.78 is 0. The molecule has 0 aromatic carbocycles. The van der Waals surface area contributed by atoms with E-state index in [9.17, 15) is 0 Å². The Labute approximate surface area is 99.1 Å². The zero-order valence-electron chi connectivity index (χ0n) is 10.0. The molecule has 0 heterocycles. The molecule has 1 fully saturated rings. The van der Waals surface area contributed by atoms with Crippen LogP contribution in [-0.2, 0) is 0 Å². The molecule has 0 saturated heterocycles. The second kappa shape index (κ2) is 5.75. The average Bonchev–Trinajstić information content (AvgIpc) is 2.33. The van der Waals surface area contributed by atoms with E-state index in [-0.39, 0.29) is 0 Å². The van der Waals surface area contributed by atoms with Crippen LogP contribution < -0.4 is 0 Å². The van der Waals surface area contributed by atoms with Crippen LogP contribution in [0.2, 0.25) is 0 Å². The van der Waals surface area contributed by atoms with Crippen molar-refractivity contribution >= 4 is 0 Å². The standard InChI is InChI=1S/C16H20/c1-14-8-5-6-12-16(14)13-7-11-15-9-3-2-4-10-15/h9,13H,1-6,8,10,12H2/b16-13-. The average molecular weight is 212 g/mol. The minimum atomic E-state index is 1.16. The number of hydrogen-bond acceptors (Lipinski definition) is 0. The molecule has 0 radical (unpaired) electrons. The molecule has 0 bridgehead atoms. The summed E-state index contributed by atoms with van der Waals surface area (Å²) in [5.41, 5.74) is 4.03. The van der Waals surface area contributed by atoms with Gasteiger partial charge in [0.1, 0.15) is 0 Å². The molecule has 0 nitrogen and oxygen atoms in total. The highest BCUT2D eigenvalue weighted by atomic mass is 14.1. The molecule has 1 saturated carbocycles. The van der Waals surface area contributed by atoms with Crippen LogP contribution in [-0.4, -0.2) is 0 Å². The Bertz CT molecular complexity index is 382. The Morgan fingerprint density at radius 1 is 1.06 bits per heavy atom. The summed E-state index contributed by atoms with van der Waals surface area (Å²) in [5, 5.41) is 0. The Morgan fingerprint density at radius 3 is 2.62 bits per heavy atom. The maximum atomic E-state index is 4.11. The van der Waals surface area contributed by atoms with Gasteiger partial charge in [-0.3, -0.25) is 0 Å². The highest BCUT2D eigenvalue weighted by molar-refractivity contribution is 5.40. The number of rotatable bonds is 0. The van der Waals surface area contributed by atoms with Crippen LogP contribution in [0.5, 0.6) is 0 Å². The van der Waals surface area contributed by atoms with E-state index in [4.69, 9.17) is 0 Å². The van der Waals surface area contributed by atoms with Crippen LogP contribution in [0.1, 0.15) is 51.4 Å². The zero-order chi connectivity index (χ0) is 11.2. The maximum Gasteiger partial charge on any atom is -0.00160 e. The first kappa shape index (κ1) is 11.3. The summed E-state index contributed by atoms with van der Waals surface area (Å²) in [6, 6.07) is 0. The largest absolute Gasteiger partial charge is 0.0955 e. The fourth-order valence-electron chi connectivity index (χ4n) is 2.33. The second-order valence-corrected chi connectivity index (χ2v) is 4.72. The third-order valence-corrected chi connectivity index (χ3v) is 3.40. The molecule has 2 aliphatic carbocycles. The minimum absolute atomic E-state index is 1.16. The molecule has 2 rings (SSSR count). The summed E-state index contributed by atoms with van der Waals surface area (Å²) >= 11 is 0. The summed E-state index contributed by atoms with van der Waals surface area (Å²) in [6.45, 7) is 4.11. The Kier molecular flexibility index (Phi) is 4.05. The van der Waals surface area contributed by atoms with Gasteiger partial charge in [-0.2, -0.15) is 0 Å². The van der Waals surface area contributed by atoms with Gasteiger partial charge in [0.2, 0.25) is 0 Å². The van der Waals surface area contributed by atoms with Crippen molar-refractivity contribution in [3.8, 4) is 11.8 Å². The predicted octanol–water partition coefficient (Wildman–Crippen LogP) is 4.55. The third kappa shape index (κ3) is 3.14. The first-order valence-corrected chi connectivity index (χ1v) is 6.44. The van der Waals surface area contributed by atoms with Crippen molar-refractivity contribution < 1.29 is 0 Å². The van der Waals surface area contributed by atoms with Gasteiger partial charge in [0.15, 0.2) is 0 Å². The van der Waals surface area contributed by atoms with Crippen molar-refractivity contribution in [2.24, 2.45) is 0 Å². The van der Waals surface area contributed by atoms with Gasteiger partial charge in [-0.15, -0.1) is 0 Å². The first-order chi connectivity index (χ1) is 7.86. The quantitative estimate of drug-likeness (QED) is 0.517. The first-order valence-electron chi connectivity index (χ1n) is 6.44. The lowest BCUT2D eigenvalue weighted by atomic mass is 9.90. The molecule has 0 heteroatoms. The molecule has 0 atom stereocenters. The van der Waals surface area contributed by atoms with Crippen molar-refractivity contribution in [2.45, 2.75) is 51.4 Å². The van der Waals surface area contributed by atoms with Crippen molar-refractivity contribution in [1.82, 2.24) is 0 Å². The van der Waals surface area contributed by atoms with Gasteiger partial charge in [-0.05, 0) is 68.6 Å². The summed E-state index contributed by atoms with van der Waals surface area (Å²) in [4.78, 5) is 0. The lowest BCUT2D eigenvalue weighted by Gasteiger charge is -2.15. The van der Waals surface area contributed by atoms with Gasteiger partial charge in [0.25, 0.3) is 0 Å². The van der Waals surface area contributed by atoms with E-state index >= 15 is 0 Å². The molecule has 0 amide bonds. The minimum Gasteiger partial charge on any atom is -0.0955 e. The van der Waals surface area contributed by atoms with E-state index < -0.39 is 0 Å². The molecule has 0 aromatic rings. The van der Waals surface area contributed by atoms with E-state index in [2.05, 4.69) is 30.6 Å².